The van der Waals surface area contributed by atoms with Crippen molar-refractivity contribution in [3.05, 3.63) is 42.1 Å². The Morgan fingerprint density at radius 1 is 1.21 bits per heavy atom. The molecule has 0 atom stereocenters. The third-order valence-corrected chi connectivity index (χ3v) is 3.43. The molecule has 0 fully saturated rings. The first-order valence-corrected chi connectivity index (χ1v) is 6.73. The summed E-state index contributed by atoms with van der Waals surface area (Å²) in [6.45, 7) is 7.02. The van der Waals surface area contributed by atoms with E-state index < -0.39 is 0 Å². The number of benzene rings is 1. The van der Waals surface area contributed by atoms with Gasteiger partial charge in [-0.3, -0.25) is 4.98 Å². The highest BCUT2D eigenvalue weighted by atomic mass is 15.1. The van der Waals surface area contributed by atoms with Crippen LogP contribution in [0.1, 0.15) is 19.4 Å². The van der Waals surface area contributed by atoms with Gasteiger partial charge in [-0.1, -0.05) is 32.0 Å². The molecule has 0 bridgehead atoms. The molecule has 3 nitrogen and oxygen atoms in total. The molecule has 0 amide bonds. The minimum atomic E-state index is 0.150. The fourth-order valence-electron chi connectivity index (χ4n) is 2.43. The normalized spacial score (nSPS) is 12.3. The summed E-state index contributed by atoms with van der Waals surface area (Å²) in [5.41, 5.74) is 8.33. The van der Waals surface area contributed by atoms with Gasteiger partial charge in [-0.2, -0.15) is 0 Å². The van der Waals surface area contributed by atoms with Crippen LogP contribution in [-0.2, 0) is 6.54 Å². The Morgan fingerprint density at radius 2 is 1.95 bits per heavy atom. The van der Waals surface area contributed by atoms with Gasteiger partial charge in [0, 0.05) is 24.7 Å². The molecule has 19 heavy (non-hydrogen) atoms. The van der Waals surface area contributed by atoms with Crippen LogP contribution in [0.3, 0.4) is 0 Å². The number of hydrogen-bond donors (Lipinski definition) is 1. The lowest BCUT2D eigenvalue weighted by Gasteiger charge is -2.29. The van der Waals surface area contributed by atoms with Crippen molar-refractivity contribution in [2.45, 2.75) is 20.4 Å². The molecule has 0 unspecified atom stereocenters. The zero-order valence-electron chi connectivity index (χ0n) is 12.1. The maximum absolute atomic E-state index is 5.80. The predicted octanol–water partition coefficient (Wildman–Crippen LogP) is 2.65. The number of pyridine rings is 1. The zero-order valence-corrected chi connectivity index (χ0v) is 12.1. The van der Waals surface area contributed by atoms with E-state index in [4.69, 9.17) is 5.73 Å². The van der Waals surface area contributed by atoms with E-state index in [0.29, 0.717) is 6.54 Å². The number of rotatable bonds is 5. The summed E-state index contributed by atoms with van der Waals surface area (Å²) in [6, 6.07) is 10.4. The van der Waals surface area contributed by atoms with Gasteiger partial charge in [-0.05, 0) is 36.7 Å². The van der Waals surface area contributed by atoms with Gasteiger partial charge in [0.15, 0.2) is 0 Å². The van der Waals surface area contributed by atoms with Gasteiger partial charge in [0.2, 0.25) is 0 Å². The fourth-order valence-corrected chi connectivity index (χ4v) is 2.43. The quantitative estimate of drug-likeness (QED) is 0.895. The van der Waals surface area contributed by atoms with Crippen LogP contribution in [0.15, 0.2) is 36.5 Å². The molecule has 0 radical (unpaired) electrons. The first kappa shape index (κ1) is 14.0. The lowest BCUT2D eigenvalue weighted by Crippen LogP contribution is -2.36. The Morgan fingerprint density at radius 3 is 2.68 bits per heavy atom. The Kier molecular flexibility index (Phi) is 4.17. The summed E-state index contributed by atoms with van der Waals surface area (Å²) in [5, 5.41) is 1.24. The van der Waals surface area contributed by atoms with Gasteiger partial charge in [-0.25, -0.2) is 0 Å². The molecule has 3 heteroatoms. The molecular formula is C16H23N3. The van der Waals surface area contributed by atoms with Crippen molar-refractivity contribution in [3.8, 4) is 0 Å². The molecule has 1 aromatic heterocycles. The van der Waals surface area contributed by atoms with E-state index >= 15 is 0 Å². The monoisotopic (exact) mass is 257 g/mol. The molecule has 0 aliphatic rings. The largest absolute Gasteiger partial charge is 0.330 e. The van der Waals surface area contributed by atoms with E-state index in [2.05, 4.69) is 55.0 Å². The third kappa shape index (κ3) is 3.52. The van der Waals surface area contributed by atoms with E-state index in [-0.39, 0.29) is 5.41 Å². The van der Waals surface area contributed by atoms with Crippen LogP contribution >= 0.6 is 0 Å². The third-order valence-electron chi connectivity index (χ3n) is 3.43. The second kappa shape index (κ2) is 5.68. The highest BCUT2D eigenvalue weighted by Gasteiger charge is 2.18. The lowest BCUT2D eigenvalue weighted by molar-refractivity contribution is 0.210. The Balaban J connectivity index is 2.17. The van der Waals surface area contributed by atoms with Crippen LogP contribution in [0, 0.1) is 5.41 Å². The summed E-state index contributed by atoms with van der Waals surface area (Å²) in [7, 11) is 2.15. The second-order valence-corrected chi connectivity index (χ2v) is 6.03. The average molecular weight is 257 g/mol. The highest BCUT2D eigenvalue weighted by molar-refractivity contribution is 5.81. The van der Waals surface area contributed by atoms with E-state index in [1.54, 1.807) is 0 Å². The van der Waals surface area contributed by atoms with E-state index in [1.807, 2.05) is 12.3 Å². The van der Waals surface area contributed by atoms with Crippen molar-refractivity contribution in [3.63, 3.8) is 0 Å². The Hall–Kier alpha value is -1.45. The van der Waals surface area contributed by atoms with Crippen LogP contribution in [-0.4, -0.2) is 30.0 Å². The first-order valence-electron chi connectivity index (χ1n) is 6.73. The van der Waals surface area contributed by atoms with Gasteiger partial charge < -0.3 is 10.6 Å². The molecule has 2 rings (SSSR count). The molecule has 2 aromatic rings. The summed E-state index contributed by atoms with van der Waals surface area (Å²) in [5.74, 6) is 0. The topological polar surface area (TPSA) is 42.2 Å². The smallest absolute Gasteiger partial charge is 0.0705 e. The number of para-hydroxylation sites is 1. The van der Waals surface area contributed by atoms with Crippen molar-refractivity contribution < 1.29 is 0 Å². The summed E-state index contributed by atoms with van der Waals surface area (Å²) in [6.07, 6.45) is 1.89. The fraction of sp³-hybridized carbons (Fsp3) is 0.438. The maximum atomic E-state index is 5.80. The van der Waals surface area contributed by atoms with Crippen LogP contribution in [0.25, 0.3) is 10.9 Å². The maximum Gasteiger partial charge on any atom is 0.0705 e. The van der Waals surface area contributed by atoms with Crippen LogP contribution in [0.5, 0.6) is 0 Å². The minimum Gasteiger partial charge on any atom is -0.330 e. The Bertz CT molecular complexity index is 543. The zero-order chi connectivity index (χ0) is 13.9. The van der Waals surface area contributed by atoms with Crippen LogP contribution in [0.2, 0.25) is 0 Å². The minimum absolute atomic E-state index is 0.150. The van der Waals surface area contributed by atoms with Gasteiger partial charge in [0.1, 0.15) is 0 Å². The second-order valence-electron chi connectivity index (χ2n) is 6.03. The number of fused-ring (bicyclic) bond motifs is 1. The number of aromatic nitrogens is 1. The van der Waals surface area contributed by atoms with Crippen molar-refractivity contribution in [2.24, 2.45) is 11.1 Å². The van der Waals surface area contributed by atoms with Crippen molar-refractivity contribution in [1.82, 2.24) is 9.88 Å². The molecule has 2 N–H and O–H groups in total. The molecule has 0 saturated carbocycles. The molecule has 0 saturated heterocycles. The summed E-state index contributed by atoms with van der Waals surface area (Å²) in [4.78, 5) is 6.73. The molecular weight excluding hydrogens is 234 g/mol. The summed E-state index contributed by atoms with van der Waals surface area (Å²) >= 11 is 0. The predicted molar refractivity (Wildman–Crippen MR) is 80.9 cm³/mol. The van der Waals surface area contributed by atoms with Crippen molar-refractivity contribution in [1.29, 1.82) is 0 Å². The average Bonchev–Trinajstić information content (AvgIpc) is 2.38. The Labute approximate surface area is 115 Å². The van der Waals surface area contributed by atoms with Crippen LogP contribution < -0.4 is 5.73 Å². The number of nitrogens with two attached hydrogens (primary N) is 1. The molecule has 0 aliphatic heterocycles. The van der Waals surface area contributed by atoms with Gasteiger partial charge in [0.25, 0.3) is 0 Å². The standard InChI is InChI=1S/C16H23N3/c1-16(2,11-17)12-19(3)10-13-8-9-18-15-7-5-4-6-14(13)15/h4-9H,10-12,17H2,1-3H3. The molecule has 102 valence electrons. The van der Waals surface area contributed by atoms with E-state index in [0.717, 1.165) is 18.6 Å². The molecule has 1 aromatic carbocycles. The van der Waals surface area contributed by atoms with E-state index in [9.17, 15) is 0 Å². The highest BCUT2D eigenvalue weighted by Crippen LogP contribution is 2.20. The molecule has 0 aliphatic carbocycles. The van der Waals surface area contributed by atoms with Gasteiger partial charge >= 0.3 is 0 Å². The SMILES string of the molecule is CN(Cc1ccnc2ccccc12)CC(C)(C)CN. The van der Waals surface area contributed by atoms with Crippen LogP contribution in [0.4, 0.5) is 0 Å². The summed E-state index contributed by atoms with van der Waals surface area (Å²) < 4.78 is 0. The van der Waals surface area contributed by atoms with Gasteiger partial charge in [-0.15, -0.1) is 0 Å². The molecule has 1 heterocycles. The first-order chi connectivity index (χ1) is 9.02. The van der Waals surface area contributed by atoms with E-state index in [1.165, 1.54) is 10.9 Å². The van der Waals surface area contributed by atoms with Crippen molar-refractivity contribution in [2.75, 3.05) is 20.1 Å². The molecule has 0 spiro atoms. The van der Waals surface area contributed by atoms with Gasteiger partial charge in [0.05, 0.1) is 5.52 Å². The number of hydrogen-bond acceptors (Lipinski definition) is 3. The number of nitrogens with zero attached hydrogens (tertiary/aromatic N) is 2. The van der Waals surface area contributed by atoms with Crippen molar-refractivity contribution >= 4 is 10.9 Å². The lowest BCUT2D eigenvalue weighted by atomic mass is 9.93.